The highest BCUT2D eigenvalue weighted by Gasteiger charge is 2.45. The van der Waals surface area contributed by atoms with E-state index >= 15 is 0 Å². The Morgan fingerprint density at radius 1 is 1.67 bits per heavy atom. The van der Waals surface area contributed by atoms with Gasteiger partial charge >= 0.3 is 0 Å². The average Bonchev–Trinajstić information content (AvgIpc) is 2.53. The van der Waals surface area contributed by atoms with Crippen molar-refractivity contribution in [2.45, 2.75) is 31.8 Å². The van der Waals surface area contributed by atoms with Crippen LogP contribution in [0, 0.1) is 11.8 Å². The van der Waals surface area contributed by atoms with Crippen molar-refractivity contribution in [3.63, 3.8) is 0 Å². The molecule has 0 unspecified atom stereocenters. The second kappa shape index (κ2) is 2.57. The molecule has 0 spiro atoms. The molecule has 2 rings (SSSR count). The lowest BCUT2D eigenvalue weighted by Gasteiger charge is -2.23. The molecule has 3 atom stereocenters. The van der Waals surface area contributed by atoms with Gasteiger partial charge in [0, 0.05) is 5.92 Å². The Morgan fingerprint density at radius 3 is 3.00 bits per heavy atom. The van der Waals surface area contributed by atoms with Crippen LogP contribution >= 0.6 is 0 Å². The predicted octanol–water partition coefficient (Wildman–Crippen LogP) is 1.09. The van der Waals surface area contributed by atoms with Crippen molar-refractivity contribution in [2.75, 3.05) is 6.61 Å². The maximum absolute atomic E-state index is 9.95. The summed E-state index contributed by atoms with van der Waals surface area (Å²) in [6, 6.07) is 0. The molecule has 0 aromatic rings. The Kier molecular flexibility index (Phi) is 1.77. The molecule has 0 heterocycles. The number of hydrogen-bond donors (Lipinski definition) is 2. The fourth-order valence-electron chi connectivity index (χ4n) is 2.65. The highest BCUT2D eigenvalue weighted by molar-refractivity contribution is 5.20. The van der Waals surface area contributed by atoms with Crippen molar-refractivity contribution in [1.29, 1.82) is 0 Å². The molecule has 2 aliphatic carbocycles. The summed E-state index contributed by atoms with van der Waals surface area (Å²) in [5.74, 6) is 0.904. The summed E-state index contributed by atoms with van der Waals surface area (Å²) in [5, 5.41) is 18.9. The van der Waals surface area contributed by atoms with E-state index in [0.717, 1.165) is 24.8 Å². The average molecular weight is 168 g/mol. The molecular formula is C10H16O2. The molecule has 0 bridgehead atoms. The summed E-state index contributed by atoms with van der Waals surface area (Å²) in [7, 11) is 0. The van der Waals surface area contributed by atoms with Crippen LogP contribution in [0.5, 0.6) is 0 Å². The Morgan fingerprint density at radius 2 is 2.42 bits per heavy atom. The van der Waals surface area contributed by atoms with E-state index in [1.807, 2.05) is 6.92 Å². The SMILES string of the molecule is C[C@@]1(O)CC[C@H]2CC(CO)=C[C@H]21. The first-order valence-corrected chi connectivity index (χ1v) is 4.66. The normalized spacial score (nSPS) is 46.1. The molecule has 0 saturated heterocycles. The van der Waals surface area contributed by atoms with Crippen molar-refractivity contribution in [3.05, 3.63) is 11.6 Å². The summed E-state index contributed by atoms with van der Waals surface area (Å²) in [6.45, 7) is 2.08. The Labute approximate surface area is 72.9 Å². The van der Waals surface area contributed by atoms with E-state index in [9.17, 15) is 5.11 Å². The van der Waals surface area contributed by atoms with Gasteiger partial charge in [-0.15, -0.1) is 0 Å². The van der Waals surface area contributed by atoms with Crippen LogP contribution in [0.25, 0.3) is 0 Å². The van der Waals surface area contributed by atoms with Crippen LogP contribution < -0.4 is 0 Å². The molecule has 0 aliphatic heterocycles. The second-order valence-corrected chi connectivity index (χ2v) is 4.37. The van der Waals surface area contributed by atoms with Crippen LogP contribution in [0.4, 0.5) is 0 Å². The Bertz CT molecular complexity index is 218. The lowest BCUT2D eigenvalue weighted by Crippen LogP contribution is -2.28. The topological polar surface area (TPSA) is 40.5 Å². The van der Waals surface area contributed by atoms with E-state index in [0.29, 0.717) is 11.8 Å². The van der Waals surface area contributed by atoms with Crippen molar-refractivity contribution < 1.29 is 10.2 Å². The minimum atomic E-state index is -0.512. The van der Waals surface area contributed by atoms with Crippen LogP contribution in [-0.4, -0.2) is 22.4 Å². The van der Waals surface area contributed by atoms with Gasteiger partial charge in [0.25, 0.3) is 0 Å². The number of aliphatic hydroxyl groups is 2. The number of aliphatic hydroxyl groups excluding tert-OH is 1. The third kappa shape index (κ3) is 1.10. The maximum atomic E-state index is 9.95. The van der Waals surface area contributed by atoms with Gasteiger partial charge in [-0.3, -0.25) is 0 Å². The molecule has 0 aromatic carbocycles. The molecule has 1 saturated carbocycles. The highest BCUT2D eigenvalue weighted by atomic mass is 16.3. The van der Waals surface area contributed by atoms with Gasteiger partial charge in [0.15, 0.2) is 0 Å². The molecule has 2 N–H and O–H groups in total. The number of hydrogen-bond acceptors (Lipinski definition) is 2. The molecule has 2 heteroatoms. The van der Waals surface area contributed by atoms with Gasteiger partial charge in [0.1, 0.15) is 0 Å². The van der Waals surface area contributed by atoms with Crippen molar-refractivity contribution in [1.82, 2.24) is 0 Å². The second-order valence-electron chi connectivity index (χ2n) is 4.37. The molecule has 1 fully saturated rings. The van der Waals surface area contributed by atoms with Crippen molar-refractivity contribution >= 4 is 0 Å². The molecule has 2 nitrogen and oxygen atoms in total. The highest BCUT2D eigenvalue weighted by Crippen LogP contribution is 2.48. The summed E-state index contributed by atoms with van der Waals surface area (Å²) in [4.78, 5) is 0. The standard InChI is InChI=1S/C10H16O2/c1-10(12)3-2-8-4-7(6-11)5-9(8)10/h5,8-9,11-12H,2-4,6H2,1H3/t8-,9+,10+/m0/s1. The lowest BCUT2D eigenvalue weighted by atomic mass is 9.90. The zero-order chi connectivity index (χ0) is 8.77. The van der Waals surface area contributed by atoms with Gasteiger partial charge in [0.2, 0.25) is 0 Å². The maximum Gasteiger partial charge on any atom is 0.0685 e. The van der Waals surface area contributed by atoms with Crippen LogP contribution in [0.2, 0.25) is 0 Å². The molecule has 2 aliphatic rings. The number of rotatable bonds is 1. The van der Waals surface area contributed by atoms with Gasteiger partial charge < -0.3 is 10.2 Å². The Hall–Kier alpha value is -0.340. The van der Waals surface area contributed by atoms with Crippen LogP contribution in [0.1, 0.15) is 26.2 Å². The van der Waals surface area contributed by atoms with Gasteiger partial charge in [-0.25, -0.2) is 0 Å². The number of fused-ring (bicyclic) bond motifs is 1. The lowest BCUT2D eigenvalue weighted by molar-refractivity contribution is 0.0333. The monoisotopic (exact) mass is 168 g/mol. The van der Waals surface area contributed by atoms with Crippen molar-refractivity contribution in [3.8, 4) is 0 Å². The van der Waals surface area contributed by atoms with Gasteiger partial charge in [0.05, 0.1) is 12.2 Å². The van der Waals surface area contributed by atoms with Crippen molar-refractivity contribution in [2.24, 2.45) is 11.8 Å². The van der Waals surface area contributed by atoms with E-state index in [1.165, 1.54) is 0 Å². The first-order valence-electron chi connectivity index (χ1n) is 4.66. The fourth-order valence-corrected chi connectivity index (χ4v) is 2.65. The van der Waals surface area contributed by atoms with Crippen LogP contribution in [0.3, 0.4) is 0 Å². The zero-order valence-corrected chi connectivity index (χ0v) is 7.45. The first kappa shape index (κ1) is 8.27. The molecule has 12 heavy (non-hydrogen) atoms. The largest absolute Gasteiger partial charge is 0.392 e. The van der Waals surface area contributed by atoms with Gasteiger partial charge in [-0.2, -0.15) is 0 Å². The quantitative estimate of drug-likeness (QED) is 0.575. The first-order chi connectivity index (χ1) is 5.63. The third-order valence-corrected chi connectivity index (χ3v) is 3.39. The summed E-state index contributed by atoms with van der Waals surface area (Å²) >= 11 is 0. The predicted molar refractivity (Wildman–Crippen MR) is 46.6 cm³/mol. The Balaban J connectivity index is 2.18. The van der Waals surface area contributed by atoms with E-state index in [1.54, 1.807) is 0 Å². The minimum Gasteiger partial charge on any atom is -0.392 e. The molecular weight excluding hydrogens is 152 g/mol. The van der Waals surface area contributed by atoms with E-state index < -0.39 is 5.60 Å². The molecule has 68 valence electrons. The third-order valence-electron chi connectivity index (χ3n) is 3.39. The smallest absolute Gasteiger partial charge is 0.0685 e. The zero-order valence-electron chi connectivity index (χ0n) is 7.45. The fraction of sp³-hybridized carbons (Fsp3) is 0.800. The summed E-state index contributed by atoms with van der Waals surface area (Å²) < 4.78 is 0. The molecule has 0 aromatic heterocycles. The summed E-state index contributed by atoms with van der Waals surface area (Å²) in [6.07, 6.45) is 5.10. The minimum absolute atomic E-state index is 0.170. The molecule has 0 radical (unpaired) electrons. The van der Waals surface area contributed by atoms with Crippen LogP contribution in [-0.2, 0) is 0 Å². The van der Waals surface area contributed by atoms with E-state index in [4.69, 9.17) is 5.11 Å². The summed E-state index contributed by atoms with van der Waals surface area (Å²) in [5.41, 5.74) is 0.603. The molecule has 0 amide bonds. The van der Waals surface area contributed by atoms with E-state index in [2.05, 4.69) is 6.08 Å². The van der Waals surface area contributed by atoms with Gasteiger partial charge in [-0.1, -0.05) is 6.08 Å². The van der Waals surface area contributed by atoms with E-state index in [-0.39, 0.29) is 6.61 Å². The van der Waals surface area contributed by atoms with Crippen LogP contribution in [0.15, 0.2) is 11.6 Å². The van der Waals surface area contributed by atoms with Gasteiger partial charge in [-0.05, 0) is 37.7 Å².